The Bertz CT molecular complexity index is 577. The first-order valence-corrected chi connectivity index (χ1v) is 6.27. The number of ether oxygens (including phenoxy) is 1. The predicted octanol–water partition coefficient (Wildman–Crippen LogP) is 3.02. The summed E-state index contributed by atoms with van der Waals surface area (Å²) in [4.78, 5) is 11.9. The van der Waals surface area contributed by atoms with Gasteiger partial charge in [-0.05, 0) is 30.0 Å². The highest BCUT2D eigenvalue weighted by Gasteiger charge is 2.11. The second-order valence-electron chi connectivity index (χ2n) is 3.81. The van der Waals surface area contributed by atoms with E-state index in [-0.39, 0.29) is 11.7 Å². The lowest BCUT2D eigenvalue weighted by molar-refractivity contribution is 0.102. The predicted molar refractivity (Wildman–Crippen MR) is 71.7 cm³/mol. The van der Waals surface area contributed by atoms with Crippen LogP contribution in [-0.4, -0.2) is 18.1 Å². The van der Waals surface area contributed by atoms with Crippen LogP contribution in [0.15, 0.2) is 29.0 Å². The molecule has 1 amide bonds. The third kappa shape index (κ3) is 2.46. The number of amides is 1. The summed E-state index contributed by atoms with van der Waals surface area (Å²) < 4.78 is 4.94. The highest BCUT2D eigenvalue weighted by molar-refractivity contribution is 7.08. The first-order valence-electron chi connectivity index (χ1n) is 5.33. The summed E-state index contributed by atoms with van der Waals surface area (Å²) in [5, 5.41) is 16.1. The van der Waals surface area contributed by atoms with Gasteiger partial charge >= 0.3 is 0 Å². The van der Waals surface area contributed by atoms with E-state index in [2.05, 4.69) is 5.32 Å². The average molecular weight is 263 g/mol. The Balaban J connectivity index is 2.17. The highest BCUT2D eigenvalue weighted by atomic mass is 32.1. The van der Waals surface area contributed by atoms with Crippen molar-refractivity contribution in [2.24, 2.45) is 0 Å². The second kappa shape index (κ2) is 5.10. The Morgan fingerprint density at radius 2 is 2.17 bits per heavy atom. The number of hydrogen-bond acceptors (Lipinski definition) is 4. The number of methoxy groups -OCH3 is 1. The van der Waals surface area contributed by atoms with E-state index in [9.17, 15) is 9.90 Å². The zero-order valence-corrected chi connectivity index (χ0v) is 10.9. The van der Waals surface area contributed by atoms with Gasteiger partial charge in [-0.3, -0.25) is 4.79 Å². The lowest BCUT2D eigenvalue weighted by Gasteiger charge is -2.07. The molecule has 2 rings (SSSR count). The number of thiophene rings is 1. The first-order chi connectivity index (χ1) is 8.61. The van der Waals surface area contributed by atoms with E-state index in [1.54, 1.807) is 17.5 Å². The number of phenolic OH excluding ortho intramolecular Hbond substituents is 1. The van der Waals surface area contributed by atoms with E-state index < -0.39 is 0 Å². The van der Waals surface area contributed by atoms with Crippen molar-refractivity contribution in [3.05, 3.63) is 40.1 Å². The van der Waals surface area contributed by atoms with E-state index in [0.717, 1.165) is 5.56 Å². The number of aromatic hydroxyl groups is 1. The summed E-state index contributed by atoms with van der Waals surface area (Å²) in [5.41, 5.74) is 2.12. The molecular weight excluding hydrogens is 250 g/mol. The molecule has 0 fully saturated rings. The van der Waals surface area contributed by atoms with E-state index >= 15 is 0 Å². The molecule has 0 spiro atoms. The quantitative estimate of drug-likeness (QED) is 0.895. The van der Waals surface area contributed by atoms with Gasteiger partial charge in [0.15, 0.2) is 11.5 Å². The van der Waals surface area contributed by atoms with Gasteiger partial charge in [0.25, 0.3) is 5.91 Å². The molecule has 2 N–H and O–H groups in total. The van der Waals surface area contributed by atoms with E-state index in [1.807, 2.05) is 12.3 Å². The minimum atomic E-state index is -0.182. The summed E-state index contributed by atoms with van der Waals surface area (Å²) in [6.45, 7) is 1.89. The van der Waals surface area contributed by atoms with Crippen LogP contribution in [0.3, 0.4) is 0 Å². The Labute approximate surface area is 109 Å². The fraction of sp³-hybridized carbons (Fsp3) is 0.154. The van der Waals surface area contributed by atoms with Crippen LogP contribution < -0.4 is 10.1 Å². The van der Waals surface area contributed by atoms with Crippen molar-refractivity contribution in [2.75, 3.05) is 12.4 Å². The van der Waals surface area contributed by atoms with Gasteiger partial charge in [0.05, 0.1) is 12.7 Å². The number of rotatable bonds is 3. The molecule has 1 aromatic carbocycles. The average Bonchev–Trinajstić information content (AvgIpc) is 2.76. The molecule has 0 unspecified atom stereocenters. The number of aryl methyl sites for hydroxylation is 1. The van der Waals surface area contributed by atoms with Gasteiger partial charge in [0.1, 0.15) is 0 Å². The lowest BCUT2D eigenvalue weighted by atomic mass is 10.2. The molecule has 0 aliphatic carbocycles. The molecular formula is C13H13NO3S. The molecule has 0 radical (unpaired) electrons. The normalized spacial score (nSPS) is 10.1. The van der Waals surface area contributed by atoms with Gasteiger partial charge in [-0.25, -0.2) is 0 Å². The Hall–Kier alpha value is -2.01. The van der Waals surface area contributed by atoms with Crippen LogP contribution in [0, 0.1) is 6.92 Å². The molecule has 4 nitrogen and oxygen atoms in total. The topological polar surface area (TPSA) is 58.6 Å². The zero-order chi connectivity index (χ0) is 13.1. The smallest absolute Gasteiger partial charge is 0.256 e. The fourth-order valence-corrected chi connectivity index (χ4v) is 2.39. The van der Waals surface area contributed by atoms with Crippen LogP contribution in [-0.2, 0) is 0 Å². The monoisotopic (exact) mass is 263 g/mol. The molecule has 0 atom stereocenters. The summed E-state index contributed by atoms with van der Waals surface area (Å²) in [6, 6.07) is 4.74. The largest absolute Gasteiger partial charge is 0.504 e. The van der Waals surface area contributed by atoms with Crippen LogP contribution >= 0.6 is 11.3 Å². The van der Waals surface area contributed by atoms with E-state index in [0.29, 0.717) is 17.0 Å². The maximum atomic E-state index is 11.9. The Morgan fingerprint density at radius 1 is 1.39 bits per heavy atom. The van der Waals surface area contributed by atoms with Gasteiger partial charge in [0.2, 0.25) is 0 Å². The van der Waals surface area contributed by atoms with Crippen LogP contribution in [0.2, 0.25) is 0 Å². The SMILES string of the molecule is COc1ccc(NC(=O)c2cscc2C)cc1O. The second-order valence-corrected chi connectivity index (χ2v) is 4.55. The van der Waals surface area contributed by atoms with Crippen LogP contribution in [0.4, 0.5) is 5.69 Å². The van der Waals surface area contributed by atoms with Crippen molar-refractivity contribution < 1.29 is 14.6 Å². The lowest BCUT2D eigenvalue weighted by Crippen LogP contribution is -2.11. The summed E-state index contributed by atoms with van der Waals surface area (Å²) in [7, 11) is 1.47. The van der Waals surface area contributed by atoms with Gasteiger partial charge in [-0.2, -0.15) is 11.3 Å². The minimum absolute atomic E-state index is 0.00246. The highest BCUT2D eigenvalue weighted by Crippen LogP contribution is 2.28. The number of benzene rings is 1. The van der Waals surface area contributed by atoms with Gasteiger partial charge < -0.3 is 15.2 Å². The van der Waals surface area contributed by atoms with Crippen LogP contribution in [0.5, 0.6) is 11.5 Å². The Kier molecular flexibility index (Phi) is 3.53. The number of carbonyl (C=O) groups excluding carboxylic acids is 1. The molecule has 1 aromatic heterocycles. The van der Waals surface area contributed by atoms with Crippen molar-refractivity contribution in [3.8, 4) is 11.5 Å². The fourth-order valence-electron chi connectivity index (χ4n) is 1.56. The maximum absolute atomic E-state index is 11.9. The molecule has 0 bridgehead atoms. The maximum Gasteiger partial charge on any atom is 0.256 e. The molecule has 1 heterocycles. The van der Waals surface area contributed by atoms with E-state index in [1.165, 1.54) is 24.5 Å². The molecule has 0 saturated heterocycles. The van der Waals surface area contributed by atoms with Crippen molar-refractivity contribution in [1.29, 1.82) is 0 Å². The van der Waals surface area contributed by atoms with Crippen molar-refractivity contribution >= 4 is 22.9 Å². The van der Waals surface area contributed by atoms with Crippen LogP contribution in [0.1, 0.15) is 15.9 Å². The summed E-state index contributed by atoms with van der Waals surface area (Å²) in [5.74, 6) is 0.190. The molecule has 5 heteroatoms. The molecule has 0 aliphatic heterocycles. The van der Waals surface area contributed by atoms with Crippen molar-refractivity contribution in [2.45, 2.75) is 6.92 Å². The molecule has 94 valence electrons. The molecule has 18 heavy (non-hydrogen) atoms. The number of nitrogens with one attached hydrogen (secondary N) is 1. The summed E-state index contributed by atoms with van der Waals surface area (Å²) in [6.07, 6.45) is 0. The number of carbonyl (C=O) groups is 1. The Morgan fingerprint density at radius 3 is 2.72 bits per heavy atom. The van der Waals surface area contributed by atoms with Gasteiger partial charge in [-0.1, -0.05) is 0 Å². The molecule has 2 aromatic rings. The number of hydrogen-bond donors (Lipinski definition) is 2. The zero-order valence-electron chi connectivity index (χ0n) is 10.1. The molecule has 0 saturated carbocycles. The van der Waals surface area contributed by atoms with Crippen molar-refractivity contribution in [1.82, 2.24) is 0 Å². The number of anilines is 1. The summed E-state index contributed by atoms with van der Waals surface area (Å²) >= 11 is 1.48. The standard InChI is InChI=1S/C13H13NO3S/c1-8-6-18-7-10(8)13(16)14-9-3-4-12(17-2)11(15)5-9/h3-7,15H,1-2H3,(H,14,16). The third-order valence-electron chi connectivity index (χ3n) is 2.54. The first kappa shape index (κ1) is 12.4. The van der Waals surface area contributed by atoms with Gasteiger partial charge in [-0.15, -0.1) is 0 Å². The third-order valence-corrected chi connectivity index (χ3v) is 3.40. The minimum Gasteiger partial charge on any atom is -0.504 e. The van der Waals surface area contributed by atoms with Crippen LogP contribution in [0.25, 0.3) is 0 Å². The van der Waals surface area contributed by atoms with E-state index in [4.69, 9.17) is 4.74 Å². The molecule has 0 aliphatic rings. The van der Waals surface area contributed by atoms with Crippen molar-refractivity contribution in [3.63, 3.8) is 0 Å². The van der Waals surface area contributed by atoms with Gasteiger partial charge in [0, 0.05) is 17.1 Å². The number of phenols is 1.